The number of carboxylic acids is 2. The summed E-state index contributed by atoms with van der Waals surface area (Å²) >= 11 is 3.87. The van der Waals surface area contributed by atoms with E-state index in [0.29, 0.717) is 68.3 Å². The van der Waals surface area contributed by atoms with Gasteiger partial charge in [-0.3, -0.25) is 47.9 Å². The summed E-state index contributed by atoms with van der Waals surface area (Å²) in [6, 6.07) is -1.92. The van der Waals surface area contributed by atoms with Crippen molar-refractivity contribution >= 4 is 120 Å². The minimum absolute atomic E-state index is 0.000300. The van der Waals surface area contributed by atoms with Crippen molar-refractivity contribution < 1.29 is 81.9 Å². The van der Waals surface area contributed by atoms with Crippen LogP contribution >= 0.6 is 55.8 Å². The van der Waals surface area contributed by atoms with E-state index < -0.39 is 29.9 Å². The maximum atomic E-state index is 13.6. The van der Waals surface area contributed by atoms with Gasteiger partial charge in [0.1, 0.15) is 30.8 Å². The molecule has 0 aromatic carbocycles. The fourth-order valence-electron chi connectivity index (χ4n) is 8.02. The highest BCUT2D eigenvalue weighted by atomic mass is 33.1. The van der Waals surface area contributed by atoms with Crippen molar-refractivity contribution in [1.29, 1.82) is 0 Å². The molecule has 0 bridgehead atoms. The molecule has 6 atom stereocenters. The first-order valence-electron chi connectivity index (χ1n) is 30.8. The number of amides is 4. The van der Waals surface area contributed by atoms with E-state index in [9.17, 15) is 57.8 Å². The second kappa shape index (κ2) is 55.8. The average molecular weight is 1310 g/mol. The van der Waals surface area contributed by atoms with Crippen molar-refractivity contribution in [3.05, 3.63) is 0 Å². The zero-order valence-electron chi connectivity index (χ0n) is 51.9. The molecule has 0 rings (SSSR count). The molecule has 0 radical (unpaired) electrons. The first-order chi connectivity index (χ1) is 41.1. The predicted octanol–water partition coefficient (Wildman–Crippen LogP) is 8.85. The summed E-state index contributed by atoms with van der Waals surface area (Å²) in [4.78, 5) is 134. The Morgan fingerprint density at radius 2 is 0.953 bits per heavy atom. The lowest BCUT2D eigenvalue weighted by molar-refractivity contribution is -0.142. The van der Waals surface area contributed by atoms with Gasteiger partial charge >= 0.3 is 11.9 Å². The normalized spacial score (nSPS) is 13.4. The van der Waals surface area contributed by atoms with E-state index >= 15 is 0 Å². The summed E-state index contributed by atoms with van der Waals surface area (Å²) in [5.74, 6) is -3.05. The highest BCUT2D eigenvalue weighted by Crippen LogP contribution is 2.31. The smallest absolute Gasteiger partial charge is 0.326 e. The molecule has 21 nitrogen and oxygen atoms in total. The van der Waals surface area contributed by atoms with Gasteiger partial charge in [0.25, 0.3) is 0 Å². The molecular formula is C60H104N4O17S5. The van der Waals surface area contributed by atoms with E-state index in [0.717, 1.165) is 44.9 Å². The summed E-state index contributed by atoms with van der Waals surface area (Å²) in [6.45, 7) is 9.92. The number of rotatable bonds is 62. The third-order valence-electron chi connectivity index (χ3n) is 13.8. The molecule has 0 aliphatic heterocycles. The lowest BCUT2D eigenvalue weighted by Crippen LogP contribution is -2.44. The highest BCUT2D eigenvalue weighted by molar-refractivity contribution is 8.77. The van der Waals surface area contributed by atoms with Crippen LogP contribution < -0.4 is 21.3 Å². The Balaban J connectivity index is 4.12. The second-order valence-electron chi connectivity index (χ2n) is 21.8. The van der Waals surface area contributed by atoms with Crippen LogP contribution in [-0.2, 0) is 71.7 Å². The van der Waals surface area contributed by atoms with Crippen molar-refractivity contribution in [3.63, 3.8) is 0 Å². The number of unbranched alkanes of at least 4 members (excludes halogenated alkanes) is 14. The monoisotopic (exact) mass is 1310 g/mol. The van der Waals surface area contributed by atoms with Crippen LogP contribution in [0, 0.1) is 23.7 Å². The molecule has 0 aromatic rings. The van der Waals surface area contributed by atoms with Crippen LogP contribution in [0.4, 0.5) is 0 Å². The number of Topliss-reactive ketones (excluding diaryl/α,β-unsaturated/α-hetero) is 4. The quantitative estimate of drug-likeness (QED) is 0.0170. The molecule has 0 fully saturated rings. The van der Waals surface area contributed by atoms with Gasteiger partial charge in [0.15, 0.2) is 16.7 Å². The SMILES string of the molecule is CC(=O)[C@H](CCCCNC(=O)COCCOCCCC(=O)COCCOCCNC(=O)CC[C@H](NC(=O)CCCCCCCCCCCCCCCCC(=O)O)C(=O)O)NC(=O)[C@H](CSSC[C@H](C)C(C)=O)CC(=O)[C@@H](C)CSSC[C@H](C)C(=O)S. The maximum Gasteiger partial charge on any atom is 0.326 e. The number of nitrogens with one attached hydrogen (secondary N) is 4. The lowest BCUT2D eigenvalue weighted by Gasteiger charge is -2.22. The molecule has 4 amide bonds. The van der Waals surface area contributed by atoms with Crippen molar-refractivity contribution in [2.45, 2.75) is 201 Å². The third-order valence-corrected chi connectivity index (χ3v) is 19.7. The predicted molar refractivity (Wildman–Crippen MR) is 345 cm³/mol. The fourth-order valence-corrected chi connectivity index (χ4v) is 13.7. The van der Waals surface area contributed by atoms with E-state index in [4.69, 9.17) is 24.1 Å². The van der Waals surface area contributed by atoms with Gasteiger partial charge < -0.3 is 50.4 Å². The molecule has 0 aliphatic carbocycles. The van der Waals surface area contributed by atoms with Crippen LogP contribution in [0.25, 0.3) is 0 Å². The molecule has 496 valence electrons. The van der Waals surface area contributed by atoms with Gasteiger partial charge in [0.05, 0.1) is 45.0 Å². The van der Waals surface area contributed by atoms with Gasteiger partial charge in [-0.2, -0.15) is 0 Å². The highest BCUT2D eigenvalue weighted by Gasteiger charge is 2.28. The van der Waals surface area contributed by atoms with Gasteiger partial charge in [-0.1, -0.05) is 141 Å². The van der Waals surface area contributed by atoms with E-state index in [1.807, 2.05) is 13.8 Å². The number of ether oxygens (including phenoxy) is 4. The molecule has 0 spiro atoms. The number of carbonyl (C=O) groups is 11. The summed E-state index contributed by atoms with van der Waals surface area (Å²) in [5, 5.41) is 28.9. The third kappa shape index (κ3) is 50.6. The zero-order valence-corrected chi connectivity index (χ0v) is 56.1. The average Bonchev–Trinajstić information content (AvgIpc) is 3.68. The number of aliphatic carboxylic acids is 2. The molecular weight excluding hydrogens is 1210 g/mol. The molecule has 26 heteroatoms. The Morgan fingerprint density at radius 1 is 0.442 bits per heavy atom. The van der Waals surface area contributed by atoms with Crippen LogP contribution in [-0.4, -0.2) is 175 Å². The number of carboxylic acid groups (broad SMARTS) is 2. The van der Waals surface area contributed by atoms with Crippen molar-refractivity contribution in [2.24, 2.45) is 23.7 Å². The Bertz CT molecular complexity index is 1960. The minimum atomic E-state index is -1.19. The molecule has 0 unspecified atom stereocenters. The van der Waals surface area contributed by atoms with Crippen LogP contribution in [0.15, 0.2) is 0 Å². The zero-order chi connectivity index (χ0) is 64.2. The van der Waals surface area contributed by atoms with Crippen molar-refractivity contribution in [3.8, 4) is 0 Å². The number of carbonyl (C=O) groups excluding carboxylic acids is 9. The largest absolute Gasteiger partial charge is 0.481 e. The fraction of sp³-hybridized carbons (Fsp3) is 0.817. The van der Waals surface area contributed by atoms with Crippen LogP contribution in [0.5, 0.6) is 0 Å². The summed E-state index contributed by atoms with van der Waals surface area (Å²) < 4.78 is 21.7. The Kier molecular flexibility index (Phi) is 53.7. The number of hydrogen-bond donors (Lipinski definition) is 7. The first-order valence-corrected chi connectivity index (χ1v) is 36.2. The van der Waals surface area contributed by atoms with Crippen molar-refractivity contribution in [2.75, 3.05) is 89.0 Å². The molecule has 86 heavy (non-hydrogen) atoms. The van der Waals surface area contributed by atoms with Gasteiger partial charge in [-0.25, -0.2) is 4.79 Å². The van der Waals surface area contributed by atoms with Gasteiger partial charge in [0, 0.05) is 92.6 Å². The van der Waals surface area contributed by atoms with Crippen molar-refractivity contribution in [1.82, 2.24) is 21.3 Å². The second-order valence-corrected chi connectivity index (χ2v) is 27.4. The van der Waals surface area contributed by atoms with Crippen LogP contribution in [0.2, 0.25) is 0 Å². The van der Waals surface area contributed by atoms with E-state index in [1.54, 1.807) is 6.92 Å². The van der Waals surface area contributed by atoms with Gasteiger partial charge in [-0.15, -0.1) is 12.6 Å². The Labute approximate surface area is 533 Å². The topological polar surface area (TPSA) is 313 Å². The molecule has 6 N–H and O–H groups in total. The lowest BCUT2D eigenvalue weighted by atomic mass is 9.96. The summed E-state index contributed by atoms with van der Waals surface area (Å²) in [7, 11) is 5.88. The maximum absolute atomic E-state index is 13.6. The van der Waals surface area contributed by atoms with E-state index in [-0.39, 0.29) is 161 Å². The minimum Gasteiger partial charge on any atom is -0.481 e. The molecule has 0 heterocycles. The Hall–Kier alpha value is -3.24. The van der Waals surface area contributed by atoms with Gasteiger partial charge in [0.2, 0.25) is 23.6 Å². The number of hydrogen-bond acceptors (Lipinski definition) is 19. The molecule has 0 aromatic heterocycles. The molecule has 0 aliphatic rings. The van der Waals surface area contributed by atoms with Crippen LogP contribution in [0.3, 0.4) is 0 Å². The van der Waals surface area contributed by atoms with E-state index in [1.165, 1.54) is 95.5 Å². The van der Waals surface area contributed by atoms with E-state index in [2.05, 4.69) is 33.9 Å². The van der Waals surface area contributed by atoms with Gasteiger partial charge in [-0.05, 0) is 58.8 Å². The molecule has 0 saturated carbocycles. The summed E-state index contributed by atoms with van der Waals surface area (Å²) in [5.41, 5.74) is 0. The standard InChI is InChI=1S/C60H104N4O17S5/c1-44(47(4)65)40-83-86-43-49(37-53(68)45(2)41-84-85-42-46(3)60(77)82)58(74)64-51(48(5)66)24-20-21-29-61-56(71)39-81-36-33-78-31-22-23-50(67)38-80-35-34-79-32-30-62-54(69)28-27-52(59(75)76)63-55(70)25-18-16-14-12-10-8-6-7-9-11-13-15-17-19-26-57(72)73/h44-46,49,51-52H,6-43H2,1-5H3,(H,61,71)(H,62,69)(H,63,70)(H,64,74)(H,72,73)(H,75,76)(H,77,82)/t44-,45-,46-,49-,51-,52-/m0/s1. The molecule has 0 saturated heterocycles. The number of thiol groups is 1. The van der Waals surface area contributed by atoms with Crippen LogP contribution in [0.1, 0.15) is 189 Å². The Morgan fingerprint density at radius 3 is 1.51 bits per heavy atom. The number of ketones is 4. The first kappa shape index (κ1) is 82.8. The summed E-state index contributed by atoms with van der Waals surface area (Å²) in [6.07, 6.45) is 17.4.